The fourth-order valence-corrected chi connectivity index (χ4v) is 4.65. The fraction of sp³-hybridized carbons (Fsp3) is 0.700. The quantitative estimate of drug-likeness (QED) is 0.828. The lowest BCUT2D eigenvalue weighted by atomic mass is 9.62. The van der Waals surface area contributed by atoms with Crippen molar-refractivity contribution in [1.29, 1.82) is 0 Å². The van der Waals surface area contributed by atoms with E-state index in [-0.39, 0.29) is 5.41 Å². The predicted octanol–water partition coefficient (Wildman–Crippen LogP) is 5.01. The van der Waals surface area contributed by atoms with Crippen LogP contribution in [0.1, 0.15) is 64.4 Å². The Balaban J connectivity index is 1.68. The standard InChI is InChI=1S/C20H30O/c1-19(2,3)16-9-11-20(14-21,12-10-16)18-13-17(18)15-7-5-4-6-8-15/h4-8,16-18,21H,9-14H2,1-3H3. The summed E-state index contributed by atoms with van der Waals surface area (Å²) in [7, 11) is 0. The van der Waals surface area contributed by atoms with Crippen LogP contribution in [0.25, 0.3) is 0 Å². The van der Waals surface area contributed by atoms with Crippen LogP contribution >= 0.6 is 0 Å². The molecule has 1 aromatic rings. The number of hydrogen-bond donors (Lipinski definition) is 1. The Hall–Kier alpha value is -0.820. The van der Waals surface area contributed by atoms with Crippen molar-refractivity contribution in [3.8, 4) is 0 Å². The van der Waals surface area contributed by atoms with Crippen LogP contribution < -0.4 is 0 Å². The summed E-state index contributed by atoms with van der Waals surface area (Å²) in [6, 6.07) is 10.9. The molecular weight excluding hydrogens is 256 g/mol. The molecule has 2 aliphatic rings. The molecule has 1 N–H and O–H groups in total. The van der Waals surface area contributed by atoms with Gasteiger partial charge in [0, 0.05) is 6.61 Å². The number of aliphatic hydroxyl groups excluding tert-OH is 1. The normalized spacial score (nSPS) is 36.5. The van der Waals surface area contributed by atoms with Crippen molar-refractivity contribution in [3.63, 3.8) is 0 Å². The first-order valence-corrected chi connectivity index (χ1v) is 8.62. The van der Waals surface area contributed by atoms with Gasteiger partial charge >= 0.3 is 0 Å². The summed E-state index contributed by atoms with van der Waals surface area (Å²) in [5, 5.41) is 10.1. The van der Waals surface area contributed by atoms with E-state index in [1.807, 2.05) is 0 Å². The summed E-state index contributed by atoms with van der Waals surface area (Å²) in [6.45, 7) is 7.49. The van der Waals surface area contributed by atoms with Crippen LogP contribution in [0.2, 0.25) is 0 Å². The van der Waals surface area contributed by atoms with E-state index in [2.05, 4.69) is 51.1 Å². The molecule has 2 unspecified atom stereocenters. The van der Waals surface area contributed by atoms with Gasteiger partial charge in [-0.1, -0.05) is 51.1 Å². The summed E-state index contributed by atoms with van der Waals surface area (Å²) in [6.07, 6.45) is 6.31. The Morgan fingerprint density at radius 3 is 2.24 bits per heavy atom. The summed E-state index contributed by atoms with van der Waals surface area (Å²) in [4.78, 5) is 0. The molecule has 0 spiro atoms. The maximum Gasteiger partial charge on any atom is 0.0490 e. The zero-order chi connectivity index (χ0) is 15.1. The van der Waals surface area contributed by atoms with E-state index in [0.29, 0.717) is 23.9 Å². The highest BCUT2D eigenvalue weighted by Crippen LogP contribution is 2.62. The van der Waals surface area contributed by atoms with Crippen molar-refractivity contribution in [3.05, 3.63) is 35.9 Å². The minimum atomic E-state index is 0.211. The molecule has 2 atom stereocenters. The van der Waals surface area contributed by atoms with Gasteiger partial charge in [0.15, 0.2) is 0 Å². The fourth-order valence-electron chi connectivity index (χ4n) is 4.65. The average Bonchev–Trinajstić information content (AvgIpc) is 3.28. The lowest BCUT2D eigenvalue weighted by Crippen LogP contribution is -2.37. The Morgan fingerprint density at radius 2 is 1.71 bits per heavy atom. The molecule has 1 heteroatoms. The molecule has 2 saturated carbocycles. The molecule has 0 bridgehead atoms. The molecule has 1 aromatic carbocycles. The molecule has 3 rings (SSSR count). The second kappa shape index (κ2) is 5.43. The first kappa shape index (κ1) is 15.1. The van der Waals surface area contributed by atoms with Gasteiger partial charge in [0.2, 0.25) is 0 Å². The largest absolute Gasteiger partial charge is 0.396 e. The number of hydrogen-bond acceptors (Lipinski definition) is 1. The zero-order valence-electron chi connectivity index (χ0n) is 13.8. The van der Waals surface area contributed by atoms with E-state index in [1.165, 1.54) is 37.7 Å². The minimum absolute atomic E-state index is 0.211. The van der Waals surface area contributed by atoms with Gasteiger partial charge in [0.25, 0.3) is 0 Å². The Kier molecular flexibility index (Phi) is 3.90. The molecule has 0 heterocycles. The molecule has 0 aromatic heterocycles. The van der Waals surface area contributed by atoms with Gasteiger partial charge in [0.05, 0.1) is 0 Å². The van der Waals surface area contributed by atoms with Crippen molar-refractivity contribution >= 4 is 0 Å². The topological polar surface area (TPSA) is 20.2 Å². The maximum absolute atomic E-state index is 10.1. The van der Waals surface area contributed by atoms with Crippen molar-refractivity contribution in [2.75, 3.05) is 6.61 Å². The van der Waals surface area contributed by atoms with E-state index in [1.54, 1.807) is 0 Å². The minimum Gasteiger partial charge on any atom is -0.396 e. The van der Waals surface area contributed by atoms with Crippen LogP contribution in [-0.2, 0) is 0 Å². The van der Waals surface area contributed by atoms with E-state index in [0.717, 1.165) is 5.92 Å². The summed E-state index contributed by atoms with van der Waals surface area (Å²) in [5.41, 5.74) is 2.11. The predicted molar refractivity (Wildman–Crippen MR) is 88.2 cm³/mol. The second-order valence-corrected chi connectivity index (χ2v) is 8.52. The molecule has 0 saturated heterocycles. The summed E-state index contributed by atoms with van der Waals surface area (Å²) >= 11 is 0. The van der Waals surface area contributed by atoms with E-state index < -0.39 is 0 Å². The number of aliphatic hydroxyl groups is 1. The van der Waals surface area contributed by atoms with Crippen LogP contribution in [0.3, 0.4) is 0 Å². The molecular formula is C20H30O. The van der Waals surface area contributed by atoms with E-state index >= 15 is 0 Å². The molecule has 2 fully saturated rings. The van der Waals surface area contributed by atoms with Crippen molar-refractivity contribution < 1.29 is 5.11 Å². The van der Waals surface area contributed by atoms with Crippen LogP contribution in [0.5, 0.6) is 0 Å². The molecule has 0 amide bonds. The van der Waals surface area contributed by atoms with E-state index in [9.17, 15) is 5.11 Å². The first-order valence-electron chi connectivity index (χ1n) is 8.62. The highest BCUT2D eigenvalue weighted by molar-refractivity contribution is 5.27. The van der Waals surface area contributed by atoms with Gasteiger partial charge < -0.3 is 5.11 Å². The summed E-state index contributed by atoms with van der Waals surface area (Å²) in [5.74, 6) is 2.24. The zero-order valence-corrected chi connectivity index (χ0v) is 13.8. The smallest absolute Gasteiger partial charge is 0.0490 e. The van der Waals surface area contributed by atoms with Gasteiger partial charge in [-0.3, -0.25) is 0 Å². The van der Waals surface area contributed by atoms with Crippen LogP contribution in [-0.4, -0.2) is 11.7 Å². The molecule has 116 valence electrons. The third-order valence-electron chi connectivity index (χ3n) is 6.33. The van der Waals surface area contributed by atoms with Crippen LogP contribution in [0.4, 0.5) is 0 Å². The van der Waals surface area contributed by atoms with Gasteiger partial charge in [-0.25, -0.2) is 0 Å². The van der Waals surface area contributed by atoms with Gasteiger partial charge in [-0.15, -0.1) is 0 Å². The van der Waals surface area contributed by atoms with Crippen LogP contribution in [0.15, 0.2) is 30.3 Å². The Bertz CT molecular complexity index is 462. The maximum atomic E-state index is 10.1. The molecule has 2 aliphatic carbocycles. The van der Waals surface area contributed by atoms with Crippen molar-refractivity contribution in [2.24, 2.45) is 22.7 Å². The monoisotopic (exact) mass is 286 g/mol. The lowest BCUT2D eigenvalue weighted by molar-refractivity contribution is 0.0185. The molecule has 0 radical (unpaired) electrons. The lowest BCUT2D eigenvalue weighted by Gasteiger charge is -2.44. The Labute approximate surface area is 129 Å². The van der Waals surface area contributed by atoms with Crippen LogP contribution in [0, 0.1) is 22.7 Å². The van der Waals surface area contributed by atoms with E-state index in [4.69, 9.17) is 0 Å². The van der Waals surface area contributed by atoms with Gasteiger partial charge in [0.1, 0.15) is 0 Å². The second-order valence-electron chi connectivity index (χ2n) is 8.52. The number of rotatable bonds is 3. The summed E-state index contributed by atoms with van der Waals surface area (Å²) < 4.78 is 0. The molecule has 1 nitrogen and oxygen atoms in total. The SMILES string of the molecule is CC(C)(C)C1CCC(CO)(C2CC2c2ccccc2)CC1. The first-order chi connectivity index (χ1) is 9.96. The number of benzene rings is 1. The van der Waals surface area contributed by atoms with Crippen molar-refractivity contribution in [1.82, 2.24) is 0 Å². The Morgan fingerprint density at radius 1 is 1.10 bits per heavy atom. The average molecular weight is 286 g/mol. The molecule has 0 aliphatic heterocycles. The van der Waals surface area contributed by atoms with Gasteiger partial charge in [-0.2, -0.15) is 0 Å². The van der Waals surface area contributed by atoms with Gasteiger partial charge in [-0.05, 0) is 66.3 Å². The van der Waals surface area contributed by atoms with Crippen molar-refractivity contribution in [2.45, 2.75) is 58.8 Å². The molecule has 21 heavy (non-hydrogen) atoms. The highest BCUT2D eigenvalue weighted by atomic mass is 16.3. The highest BCUT2D eigenvalue weighted by Gasteiger charge is 2.54. The third kappa shape index (κ3) is 2.90. The third-order valence-corrected chi connectivity index (χ3v) is 6.33.